The lowest BCUT2D eigenvalue weighted by molar-refractivity contribution is 0.648. The number of nitrogens with one attached hydrogen (secondary N) is 1. The van der Waals surface area contributed by atoms with Crippen molar-refractivity contribution < 1.29 is 0 Å². The van der Waals surface area contributed by atoms with Crippen LogP contribution in [0.15, 0.2) is 53.3 Å². The lowest BCUT2D eigenvalue weighted by Crippen LogP contribution is -2.26. The first-order valence-electron chi connectivity index (χ1n) is 6.25. The zero-order valence-electron chi connectivity index (χ0n) is 11.3. The third-order valence-electron chi connectivity index (χ3n) is 3.50. The van der Waals surface area contributed by atoms with E-state index in [9.17, 15) is 0 Å². The first-order valence-corrected chi connectivity index (χ1v) is 6.25. The number of nitrogens with zero attached hydrogens (tertiary/aromatic N) is 1. The molecule has 0 saturated heterocycles. The second-order valence-corrected chi connectivity index (χ2v) is 5.07. The van der Waals surface area contributed by atoms with Gasteiger partial charge in [-0.05, 0) is 18.9 Å². The molecule has 1 N–H and O–H groups in total. The Morgan fingerprint density at radius 2 is 2.22 bits per heavy atom. The predicted octanol–water partition coefficient (Wildman–Crippen LogP) is 3.34. The molecule has 0 saturated carbocycles. The summed E-state index contributed by atoms with van der Waals surface area (Å²) < 4.78 is 0. The van der Waals surface area contributed by atoms with Gasteiger partial charge in [-0.2, -0.15) is 0 Å². The average Bonchev–Trinajstić information content (AvgIpc) is 2.39. The number of hydrogen-bond acceptors (Lipinski definition) is 2. The summed E-state index contributed by atoms with van der Waals surface area (Å²) in [6.45, 7) is 8.28. The maximum Gasteiger partial charge on any atom is 0.0811 e. The largest absolute Gasteiger partial charge is 0.387 e. The van der Waals surface area contributed by atoms with Crippen LogP contribution < -0.4 is 5.32 Å². The molecular formula is C16H20N2. The molecule has 1 unspecified atom stereocenters. The van der Waals surface area contributed by atoms with Gasteiger partial charge in [-0.1, -0.05) is 49.4 Å². The summed E-state index contributed by atoms with van der Waals surface area (Å²) in [4.78, 5) is 4.53. The predicted molar refractivity (Wildman–Crippen MR) is 77.9 cm³/mol. The first-order chi connectivity index (χ1) is 8.55. The highest BCUT2D eigenvalue weighted by molar-refractivity contribution is 5.76. The Morgan fingerprint density at radius 3 is 2.78 bits per heavy atom. The fourth-order valence-corrected chi connectivity index (χ4v) is 2.15. The lowest BCUT2D eigenvalue weighted by atomic mass is 9.78. The van der Waals surface area contributed by atoms with Gasteiger partial charge in [0.2, 0.25) is 0 Å². The van der Waals surface area contributed by atoms with E-state index in [1.165, 1.54) is 11.1 Å². The molecule has 18 heavy (non-hydrogen) atoms. The molecule has 2 heteroatoms. The fraction of sp³-hybridized carbons (Fsp3) is 0.312. The van der Waals surface area contributed by atoms with Gasteiger partial charge in [0, 0.05) is 18.7 Å². The summed E-state index contributed by atoms with van der Waals surface area (Å²) in [6.07, 6.45) is 5.15. The first kappa shape index (κ1) is 12.6. The monoisotopic (exact) mass is 240 g/mol. The Morgan fingerprint density at radius 1 is 1.44 bits per heavy atom. The van der Waals surface area contributed by atoms with E-state index in [2.05, 4.69) is 61.1 Å². The van der Waals surface area contributed by atoms with Gasteiger partial charge >= 0.3 is 0 Å². The van der Waals surface area contributed by atoms with Crippen molar-refractivity contribution in [1.82, 2.24) is 5.32 Å². The van der Waals surface area contributed by atoms with Gasteiger partial charge in [-0.25, -0.2) is 0 Å². The molecule has 0 fully saturated rings. The Kier molecular flexibility index (Phi) is 3.37. The molecule has 1 aliphatic heterocycles. The SMILES string of the molecule is C=C(NC)C1=CCC(C)(c2cccc(C)c2)C=N1. The quantitative estimate of drug-likeness (QED) is 0.861. The average molecular weight is 240 g/mol. The molecule has 1 aromatic rings. The summed E-state index contributed by atoms with van der Waals surface area (Å²) in [5.74, 6) is 0. The number of allylic oxidation sites excluding steroid dienone is 1. The van der Waals surface area contributed by atoms with Gasteiger partial charge in [0.15, 0.2) is 0 Å². The van der Waals surface area contributed by atoms with Crippen molar-refractivity contribution >= 4 is 6.21 Å². The molecule has 2 rings (SSSR count). The Hall–Kier alpha value is -1.83. The van der Waals surface area contributed by atoms with Crippen molar-refractivity contribution in [2.75, 3.05) is 7.05 Å². The van der Waals surface area contributed by atoms with Gasteiger partial charge in [-0.3, -0.25) is 4.99 Å². The van der Waals surface area contributed by atoms with Crippen molar-refractivity contribution in [2.45, 2.75) is 25.7 Å². The van der Waals surface area contributed by atoms with Crippen molar-refractivity contribution in [3.8, 4) is 0 Å². The third-order valence-corrected chi connectivity index (χ3v) is 3.50. The topological polar surface area (TPSA) is 24.4 Å². The summed E-state index contributed by atoms with van der Waals surface area (Å²) in [7, 11) is 1.87. The smallest absolute Gasteiger partial charge is 0.0811 e. The lowest BCUT2D eigenvalue weighted by Gasteiger charge is -2.28. The number of rotatable bonds is 3. The van der Waals surface area contributed by atoms with Crippen LogP contribution in [-0.4, -0.2) is 13.3 Å². The summed E-state index contributed by atoms with van der Waals surface area (Å²) in [5.41, 5.74) is 4.41. The number of benzene rings is 1. The molecule has 0 amide bonds. The zero-order chi connectivity index (χ0) is 13.2. The van der Waals surface area contributed by atoms with Crippen LogP contribution in [0, 0.1) is 6.92 Å². The molecule has 0 aromatic heterocycles. The fourth-order valence-electron chi connectivity index (χ4n) is 2.15. The molecule has 1 heterocycles. The zero-order valence-corrected chi connectivity index (χ0v) is 11.3. The van der Waals surface area contributed by atoms with Crippen LogP contribution in [0.4, 0.5) is 0 Å². The van der Waals surface area contributed by atoms with E-state index in [0.29, 0.717) is 0 Å². The highest BCUT2D eigenvalue weighted by atomic mass is 14.9. The summed E-state index contributed by atoms with van der Waals surface area (Å²) >= 11 is 0. The van der Waals surface area contributed by atoms with Crippen molar-refractivity contribution in [3.05, 3.63) is 59.4 Å². The van der Waals surface area contributed by atoms with Crippen LogP contribution in [0.25, 0.3) is 0 Å². The van der Waals surface area contributed by atoms with Gasteiger partial charge in [0.05, 0.1) is 11.4 Å². The van der Waals surface area contributed by atoms with E-state index in [1.54, 1.807) is 0 Å². The second-order valence-electron chi connectivity index (χ2n) is 5.07. The van der Waals surface area contributed by atoms with Crippen LogP contribution in [-0.2, 0) is 5.41 Å². The number of hydrogen-bond donors (Lipinski definition) is 1. The Bertz CT molecular complexity index is 526. The Labute approximate surface area is 109 Å². The molecule has 94 valence electrons. The van der Waals surface area contributed by atoms with Gasteiger partial charge in [-0.15, -0.1) is 0 Å². The number of aryl methyl sites for hydroxylation is 1. The van der Waals surface area contributed by atoms with Crippen molar-refractivity contribution in [2.24, 2.45) is 4.99 Å². The molecule has 0 spiro atoms. The summed E-state index contributed by atoms with van der Waals surface area (Å²) in [5, 5.41) is 3.03. The van der Waals surface area contributed by atoms with Crippen LogP contribution in [0.3, 0.4) is 0 Å². The minimum Gasteiger partial charge on any atom is -0.387 e. The highest BCUT2D eigenvalue weighted by Gasteiger charge is 2.26. The molecule has 2 nitrogen and oxygen atoms in total. The van der Waals surface area contributed by atoms with Crippen molar-refractivity contribution in [3.63, 3.8) is 0 Å². The maximum atomic E-state index is 4.53. The van der Waals surface area contributed by atoms with Crippen LogP contribution >= 0.6 is 0 Å². The van der Waals surface area contributed by atoms with E-state index >= 15 is 0 Å². The molecule has 0 bridgehead atoms. The van der Waals surface area contributed by atoms with Crippen LogP contribution in [0.2, 0.25) is 0 Å². The van der Waals surface area contributed by atoms with Gasteiger partial charge in [0.1, 0.15) is 0 Å². The molecule has 0 radical (unpaired) electrons. The number of likely N-dealkylation sites (N-methyl/N-ethyl adjacent to an activating group) is 1. The van der Waals surface area contributed by atoms with E-state index in [0.717, 1.165) is 17.8 Å². The molecule has 1 atom stereocenters. The van der Waals surface area contributed by atoms with E-state index in [1.807, 2.05) is 13.3 Å². The van der Waals surface area contributed by atoms with Gasteiger partial charge < -0.3 is 5.32 Å². The third kappa shape index (κ3) is 2.37. The van der Waals surface area contributed by atoms with Gasteiger partial charge in [0.25, 0.3) is 0 Å². The van der Waals surface area contributed by atoms with E-state index in [4.69, 9.17) is 0 Å². The molecule has 0 aliphatic carbocycles. The van der Waals surface area contributed by atoms with E-state index < -0.39 is 0 Å². The minimum atomic E-state index is -0.0104. The number of aliphatic imine (C=N–C) groups is 1. The van der Waals surface area contributed by atoms with Crippen LogP contribution in [0.5, 0.6) is 0 Å². The highest BCUT2D eigenvalue weighted by Crippen LogP contribution is 2.31. The maximum absolute atomic E-state index is 4.53. The normalized spacial score (nSPS) is 22.5. The summed E-state index contributed by atoms with van der Waals surface area (Å²) in [6, 6.07) is 8.63. The van der Waals surface area contributed by atoms with E-state index in [-0.39, 0.29) is 5.41 Å². The Balaban J connectivity index is 2.25. The molecule has 1 aliphatic rings. The molecular weight excluding hydrogens is 220 g/mol. The van der Waals surface area contributed by atoms with Crippen LogP contribution in [0.1, 0.15) is 24.5 Å². The standard InChI is InChI=1S/C16H20N2/c1-12-6-5-7-14(10-12)16(3)9-8-15(18-11-16)13(2)17-4/h5-8,10-11,17H,2,9H2,1,3-4H3. The minimum absolute atomic E-state index is 0.0104. The second kappa shape index (κ2) is 4.81. The van der Waals surface area contributed by atoms with Crippen molar-refractivity contribution in [1.29, 1.82) is 0 Å². The molecule has 1 aromatic carbocycles.